The van der Waals surface area contributed by atoms with E-state index in [4.69, 9.17) is 10.5 Å². The highest BCUT2D eigenvalue weighted by molar-refractivity contribution is 14.1. The first kappa shape index (κ1) is 16.1. The van der Waals surface area contributed by atoms with Gasteiger partial charge in [0.25, 0.3) is 0 Å². The predicted molar refractivity (Wildman–Crippen MR) is 88.4 cm³/mol. The molecule has 1 heterocycles. The molecule has 0 atom stereocenters. The maximum atomic E-state index is 13.1. The molecular formula is C15H17FIN3O. The number of nitrogens with two attached hydrogens (primary N) is 1. The van der Waals surface area contributed by atoms with Gasteiger partial charge in [-0.05, 0) is 54.1 Å². The van der Waals surface area contributed by atoms with Crippen LogP contribution >= 0.6 is 22.6 Å². The third kappa shape index (κ3) is 3.32. The molecule has 21 heavy (non-hydrogen) atoms. The highest BCUT2D eigenvalue weighted by Crippen LogP contribution is 2.31. The van der Waals surface area contributed by atoms with Gasteiger partial charge in [0.05, 0.1) is 15.9 Å². The molecule has 0 aliphatic heterocycles. The van der Waals surface area contributed by atoms with E-state index < -0.39 is 5.41 Å². The van der Waals surface area contributed by atoms with Crippen molar-refractivity contribution in [1.82, 2.24) is 9.97 Å². The summed E-state index contributed by atoms with van der Waals surface area (Å²) in [6, 6.07) is 6.35. The van der Waals surface area contributed by atoms with Gasteiger partial charge in [0.15, 0.2) is 0 Å². The van der Waals surface area contributed by atoms with Crippen molar-refractivity contribution in [2.75, 3.05) is 12.8 Å². The van der Waals surface area contributed by atoms with Crippen molar-refractivity contribution in [3.8, 4) is 0 Å². The molecule has 112 valence electrons. The second-order valence-electron chi connectivity index (χ2n) is 5.26. The zero-order chi connectivity index (χ0) is 15.6. The molecule has 0 bridgehead atoms. The Kier molecular flexibility index (Phi) is 4.77. The first-order chi connectivity index (χ1) is 9.86. The van der Waals surface area contributed by atoms with Crippen LogP contribution in [0.2, 0.25) is 0 Å². The molecule has 0 aliphatic rings. The van der Waals surface area contributed by atoms with Crippen LogP contribution in [-0.4, -0.2) is 17.1 Å². The maximum Gasteiger partial charge on any atom is 0.141 e. The quantitative estimate of drug-likeness (QED) is 0.799. The van der Waals surface area contributed by atoms with Gasteiger partial charge < -0.3 is 10.5 Å². The highest BCUT2D eigenvalue weighted by atomic mass is 127. The first-order valence-electron chi connectivity index (χ1n) is 6.43. The van der Waals surface area contributed by atoms with E-state index in [-0.39, 0.29) is 5.82 Å². The van der Waals surface area contributed by atoms with Crippen LogP contribution < -0.4 is 5.73 Å². The Morgan fingerprint density at radius 3 is 2.43 bits per heavy atom. The zero-order valence-corrected chi connectivity index (χ0v) is 14.3. The average molecular weight is 401 g/mol. The van der Waals surface area contributed by atoms with E-state index in [1.807, 2.05) is 13.8 Å². The van der Waals surface area contributed by atoms with Crippen LogP contribution in [0.4, 0.5) is 10.2 Å². The molecule has 0 aliphatic carbocycles. The van der Waals surface area contributed by atoms with E-state index in [1.165, 1.54) is 12.1 Å². The Balaban J connectivity index is 2.51. The topological polar surface area (TPSA) is 61.0 Å². The Bertz CT molecular complexity index is 644. The number of methoxy groups -OCH3 is 1. The largest absolute Gasteiger partial charge is 0.383 e. The standard InChI is InChI=1S/C15H17FIN3O/c1-15(2,9-4-6-10(16)7-5-9)14-19-11(8-21-3)12(17)13(18)20-14/h4-7H,8H2,1-3H3,(H2,18,19,20). The summed E-state index contributed by atoms with van der Waals surface area (Å²) in [5.41, 5.74) is 7.18. The smallest absolute Gasteiger partial charge is 0.141 e. The Morgan fingerprint density at radius 1 is 1.24 bits per heavy atom. The molecule has 0 spiro atoms. The minimum absolute atomic E-state index is 0.266. The fraction of sp³-hybridized carbons (Fsp3) is 0.333. The van der Waals surface area contributed by atoms with E-state index in [0.717, 1.165) is 14.8 Å². The van der Waals surface area contributed by atoms with E-state index >= 15 is 0 Å². The molecule has 2 N–H and O–H groups in total. The van der Waals surface area contributed by atoms with Gasteiger partial charge in [0.1, 0.15) is 17.5 Å². The van der Waals surface area contributed by atoms with Crippen LogP contribution in [0.15, 0.2) is 24.3 Å². The monoisotopic (exact) mass is 401 g/mol. The number of anilines is 1. The molecule has 2 aromatic rings. The summed E-state index contributed by atoms with van der Waals surface area (Å²) in [7, 11) is 1.61. The van der Waals surface area contributed by atoms with Crippen molar-refractivity contribution in [1.29, 1.82) is 0 Å². The Labute approximate surface area is 137 Å². The second-order valence-corrected chi connectivity index (χ2v) is 6.34. The molecule has 0 amide bonds. The van der Waals surface area contributed by atoms with Gasteiger partial charge in [0.2, 0.25) is 0 Å². The highest BCUT2D eigenvalue weighted by Gasteiger charge is 2.28. The van der Waals surface area contributed by atoms with Crippen LogP contribution in [0.25, 0.3) is 0 Å². The summed E-state index contributed by atoms with van der Waals surface area (Å²) < 4.78 is 19.0. The molecule has 0 unspecified atom stereocenters. The summed E-state index contributed by atoms with van der Waals surface area (Å²) >= 11 is 2.11. The van der Waals surface area contributed by atoms with Crippen LogP contribution in [-0.2, 0) is 16.8 Å². The summed E-state index contributed by atoms with van der Waals surface area (Å²) in [5, 5.41) is 0. The molecule has 2 rings (SSSR count). The molecular weight excluding hydrogens is 384 g/mol. The second kappa shape index (κ2) is 6.23. The summed E-state index contributed by atoms with van der Waals surface area (Å²) in [6.45, 7) is 4.34. The number of nitrogens with zero attached hydrogens (tertiary/aromatic N) is 2. The van der Waals surface area contributed by atoms with E-state index in [0.29, 0.717) is 18.2 Å². The van der Waals surface area contributed by atoms with Crippen LogP contribution in [0.5, 0.6) is 0 Å². The molecule has 6 heteroatoms. The number of nitrogen functional groups attached to an aromatic ring is 1. The van der Waals surface area contributed by atoms with Gasteiger partial charge in [-0.25, -0.2) is 14.4 Å². The van der Waals surface area contributed by atoms with Gasteiger partial charge >= 0.3 is 0 Å². The van der Waals surface area contributed by atoms with Crippen LogP contribution in [0.1, 0.15) is 30.9 Å². The van der Waals surface area contributed by atoms with E-state index in [1.54, 1.807) is 19.2 Å². The molecule has 0 saturated heterocycles. The number of aromatic nitrogens is 2. The molecule has 0 saturated carbocycles. The van der Waals surface area contributed by atoms with Crippen molar-refractivity contribution in [3.63, 3.8) is 0 Å². The number of halogens is 2. The van der Waals surface area contributed by atoms with Gasteiger partial charge in [0, 0.05) is 12.5 Å². The summed E-state index contributed by atoms with van der Waals surface area (Å²) in [4.78, 5) is 8.97. The van der Waals surface area contributed by atoms with E-state index in [9.17, 15) is 4.39 Å². The van der Waals surface area contributed by atoms with Gasteiger partial charge in [-0.2, -0.15) is 0 Å². The van der Waals surface area contributed by atoms with Gasteiger partial charge in [-0.1, -0.05) is 12.1 Å². The van der Waals surface area contributed by atoms with Gasteiger partial charge in [-0.3, -0.25) is 0 Å². The fourth-order valence-electron chi connectivity index (χ4n) is 2.02. The lowest BCUT2D eigenvalue weighted by Gasteiger charge is -2.25. The molecule has 4 nitrogen and oxygen atoms in total. The van der Waals surface area contributed by atoms with Crippen molar-refractivity contribution in [3.05, 3.63) is 50.7 Å². The lowest BCUT2D eigenvalue weighted by molar-refractivity contribution is 0.180. The molecule has 0 radical (unpaired) electrons. The molecule has 1 aromatic carbocycles. The van der Waals surface area contributed by atoms with Crippen molar-refractivity contribution in [2.45, 2.75) is 25.9 Å². The van der Waals surface area contributed by atoms with E-state index in [2.05, 4.69) is 32.6 Å². The minimum Gasteiger partial charge on any atom is -0.383 e. The Morgan fingerprint density at radius 2 is 1.86 bits per heavy atom. The number of hydrogen-bond acceptors (Lipinski definition) is 4. The third-order valence-corrected chi connectivity index (χ3v) is 4.53. The zero-order valence-electron chi connectivity index (χ0n) is 12.2. The average Bonchev–Trinajstić information content (AvgIpc) is 2.44. The van der Waals surface area contributed by atoms with Crippen molar-refractivity contribution in [2.24, 2.45) is 0 Å². The van der Waals surface area contributed by atoms with Crippen molar-refractivity contribution < 1.29 is 9.13 Å². The fourth-order valence-corrected chi connectivity index (χ4v) is 2.42. The lowest BCUT2D eigenvalue weighted by Crippen LogP contribution is -2.24. The minimum atomic E-state index is -0.478. The SMILES string of the molecule is COCc1nc(C(C)(C)c2ccc(F)cc2)nc(N)c1I. The summed E-state index contributed by atoms with van der Waals surface area (Å²) in [6.07, 6.45) is 0. The summed E-state index contributed by atoms with van der Waals surface area (Å²) in [5.74, 6) is 0.763. The first-order valence-corrected chi connectivity index (χ1v) is 7.51. The number of ether oxygens (including phenoxy) is 1. The maximum absolute atomic E-state index is 13.1. The normalized spacial score (nSPS) is 11.7. The predicted octanol–water partition coefficient (Wildman–Crippen LogP) is 3.27. The van der Waals surface area contributed by atoms with Gasteiger partial charge in [-0.15, -0.1) is 0 Å². The number of benzene rings is 1. The van der Waals surface area contributed by atoms with Crippen LogP contribution in [0, 0.1) is 9.39 Å². The number of rotatable bonds is 4. The third-order valence-electron chi connectivity index (χ3n) is 3.35. The Hall–Kier alpha value is -1.28. The molecule has 0 fully saturated rings. The number of hydrogen-bond donors (Lipinski definition) is 1. The molecule has 1 aromatic heterocycles. The van der Waals surface area contributed by atoms with Crippen LogP contribution in [0.3, 0.4) is 0 Å². The van der Waals surface area contributed by atoms with Crippen molar-refractivity contribution >= 4 is 28.4 Å². The lowest BCUT2D eigenvalue weighted by atomic mass is 9.83.